The minimum atomic E-state index is 0.239. The van der Waals surface area contributed by atoms with E-state index in [1.54, 1.807) is 0 Å². The molecule has 0 aliphatic heterocycles. The summed E-state index contributed by atoms with van der Waals surface area (Å²) in [5.41, 5.74) is 3.90. The molecule has 1 unspecified atom stereocenters. The van der Waals surface area contributed by atoms with Crippen molar-refractivity contribution in [2.24, 2.45) is 0 Å². The quantitative estimate of drug-likeness (QED) is 0.583. The Morgan fingerprint density at radius 2 is 2.38 bits per heavy atom. The number of aryl methyl sites for hydroxylation is 2. The second kappa shape index (κ2) is 5.05. The minimum absolute atomic E-state index is 0.239. The molecular weight excluding hydrogens is 220 g/mol. The smallest absolute Gasteiger partial charge is 0.0596 e. The van der Waals surface area contributed by atoms with Gasteiger partial charge in [0.25, 0.3) is 0 Å². The van der Waals surface area contributed by atoms with Gasteiger partial charge in [0.2, 0.25) is 0 Å². The van der Waals surface area contributed by atoms with Crippen LogP contribution in [-0.2, 0) is 13.0 Å². The Balaban J connectivity index is 2.13. The van der Waals surface area contributed by atoms with E-state index >= 15 is 0 Å². The number of halogens is 1. The summed E-state index contributed by atoms with van der Waals surface area (Å²) in [5.74, 6) is 0. The number of hydrogen-bond acceptors (Lipinski definition) is 1. The third-order valence-electron chi connectivity index (χ3n) is 3.09. The fourth-order valence-corrected chi connectivity index (χ4v) is 2.67. The van der Waals surface area contributed by atoms with Crippen LogP contribution < -0.4 is 0 Å². The molecule has 88 valence electrons. The molecule has 1 aromatic heterocycles. The number of hydrogen-bond donors (Lipinski definition) is 0. The number of aromatic nitrogens is 2. The van der Waals surface area contributed by atoms with Crippen molar-refractivity contribution in [1.29, 1.82) is 0 Å². The fraction of sp³-hybridized carbons (Fsp3) is 0.615. The predicted molar refractivity (Wildman–Crippen MR) is 67.9 cm³/mol. The van der Waals surface area contributed by atoms with Gasteiger partial charge in [-0.15, -0.1) is 11.6 Å². The third kappa shape index (κ3) is 2.67. The molecule has 3 heteroatoms. The molecule has 1 aliphatic carbocycles. The third-order valence-corrected chi connectivity index (χ3v) is 3.43. The van der Waals surface area contributed by atoms with Crippen LogP contribution in [0.2, 0.25) is 0 Å². The van der Waals surface area contributed by atoms with Crippen LogP contribution in [0.1, 0.15) is 37.6 Å². The van der Waals surface area contributed by atoms with Gasteiger partial charge in [0.05, 0.1) is 11.1 Å². The molecule has 2 nitrogen and oxygen atoms in total. The van der Waals surface area contributed by atoms with Gasteiger partial charge in [-0.1, -0.05) is 11.6 Å². The average molecular weight is 239 g/mol. The first-order chi connectivity index (χ1) is 7.69. The van der Waals surface area contributed by atoms with Crippen LogP contribution in [-0.4, -0.2) is 15.2 Å². The Kier molecular flexibility index (Phi) is 3.70. The second-order valence-corrected chi connectivity index (χ2v) is 5.06. The molecule has 0 aromatic carbocycles. The summed E-state index contributed by atoms with van der Waals surface area (Å²) in [6, 6.07) is 2.18. The van der Waals surface area contributed by atoms with Gasteiger partial charge in [-0.3, -0.25) is 4.68 Å². The van der Waals surface area contributed by atoms with Crippen LogP contribution in [0.15, 0.2) is 17.7 Å². The monoisotopic (exact) mass is 238 g/mol. The van der Waals surface area contributed by atoms with Crippen molar-refractivity contribution >= 4 is 11.6 Å². The molecule has 0 saturated heterocycles. The van der Waals surface area contributed by atoms with E-state index in [-0.39, 0.29) is 5.38 Å². The molecule has 2 rings (SSSR count). The van der Waals surface area contributed by atoms with Gasteiger partial charge in [0.1, 0.15) is 0 Å². The maximum absolute atomic E-state index is 6.16. The summed E-state index contributed by atoms with van der Waals surface area (Å²) in [6.07, 6.45) is 6.78. The van der Waals surface area contributed by atoms with E-state index in [4.69, 9.17) is 11.6 Å². The largest absolute Gasteiger partial charge is 0.269 e. The van der Waals surface area contributed by atoms with Gasteiger partial charge in [0, 0.05) is 18.7 Å². The van der Waals surface area contributed by atoms with E-state index in [1.807, 2.05) is 0 Å². The molecule has 0 fully saturated rings. The topological polar surface area (TPSA) is 17.8 Å². The summed E-state index contributed by atoms with van der Waals surface area (Å²) >= 11 is 6.16. The molecule has 0 N–H and O–H groups in total. The summed E-state index contributed by atoms with van der Waals surface area (Å²) < 4.78 is 2.09. The maximum atomic E-state index is 6.16. The van der Waals surface area contributed by atoms with Crippen LogP contribution in [0.5, 0.6) is 0 Å². The molecule has 0 bridgehead atoms. The van der Waals surface area contributed by atoms with E-state index in [1.165, 1.54) is 24.1 Å². The van der Waals surface area contributed by atoms with E-state index in [0.29, 0.717) is 0 Å². The van der Waals surface area contributed by atoms with E-state index in [9.17, 15) is 0 Å². The number of alkyl halides is 1. The van der Waals surface area contributed by atoms with Gasteiger partial charge in [-0.05, 0) is 39.2 Å². The van der Waals surface area contributed by atoms with Gasteiger partial charge in [-0.25, -0.2) is 0 Å². The van der Waals surface area contributed by atoms with Crippen LogP contribution in [0.3, 0.4) is 0 Å². The summed E-state index contributed by atoms with van der Waals surface area (Å²) in [6.45, 7) is 5.13. The molecule has 0 amide bonds. The molecule has 0 saturated carbocycles. The molecule has 16 heavy (non-hydrogen) atoms. The lowest BCUT2D eigenvalue weighted by Crippen LogP contribution is -2.08. The maximum Gasteiger partial charge on any atom is 0.0596 e. The fourth-order valence-electron chi connectivity index (χ4n) is 2.34. The molecular formula is C13H19ClN2. The summed E-state index contributed by atoms with van der Waals surface area (Å²) in [5, 5.41) is 4.71. The SMILES string of the molecule is CCn1nc(C)cc1CC1=CC(Cl)CCC1. The lowest BCUT2D eigenvalue weighted by Gasteiger charge is -2.16. The Morgan fingerprint density at radius 1 is 1.56 bits per heavy atom. The van der Waals surface area contributed by atoms with Crippen molar-refractivity contribution in [2.45, 2.75) is 51.5 Å². The summed E-state index contributed by atoms with van der Waals surface area (Å²) in [7, 11) is 0. The van der Waals surface area contributed by atoms with Crippen molar-refractivity contribution in [3.63, 3.8) is 0 Å². The number of nitrogens with zero attached hydrogens (tertiary/aromatic N) is 2. The minimum Gasteiger partial charge on any atom is -0.269 e. The first kappa shape index (κ1) is 11.7. The average Bonchev–Trinajstić information content (AvgIpc) is 2.59. The van der Waals surface area contributed by atoms with E-state index in [2.05, 4.69) is 35.8 Å². The zero-order valence-corrected chi connectivity index (χ0v) is 10.8. The Labute approximate surface area is 102 Å². The Hall–Kier alpha value is -0.760. The van der Waals surface area contributed by atoms with Crippen LogP contribution >= 0.6 is 11.6 Å². The Morgan fingerprint density at radius 3 is 3.06 bits per heavy atom. The molecule has 0 spiro atoms. The van der Waals surface area contributed by atoms with Crippen molar-refractivity contribution < 1.29 is 0 Å². The van der Waals surface area contributed by atoms with E-state index < -0.39 is 0 Å². The highest BCUT2D eigenvalue weighted by Gasteiger charge is 2.13. The lowest BCUT2D eigenvalue weighted by molar-refractivity contribution is 0.613. The second-order valence-electron chi connectivity index (χ2n) is 4.50. The highest BCUT2D eigenvalue weighted by Crippen LogP contribution is 2.24. The highest BCUT2D eigenvalue weighted by atomic mass is 35.5. The lowest BCUT2D eigenvalue weighted by atomic mass is 9.95. The normalized spacial score (nSPS) is 20.9. The van der Waals surface area contributed by atoms with Gasteiger partial charge >= 0.3 is 0 Å². The van der Waals surface area contributed by atoms with Crippen LogP contribution in [0.25, 0.3) is 0 Å². The van der Waals surface area contributed by atoms with Crippen LogP contribution in [0, 0.1) is 6.92 Å². The molecule has 1 heterocycles. The standard InChI is InChI=1S/C13H19ClN2/c1-3-16-13(7-10(2)15-16)9-11-5-4-6-12(14)8-11/h7-8,12H,3-6,9H2,1-2H3. The van der Waals surface area contributed by atoms with Gasteiger partial charge in [-0.2, -0.15) is 5.10 Å². The molecule has 1 aromatic rings. The van der Waals surface area contributed by atoms with Gasteiger partial charge in [0.15, 0.2) is 0 Å². The number of rotatable bonds is 3. The molecule has 1 aliphatic rings. The predicted octanol–water partition coefficient (Wildman–Crippen LogP) is 3.47. The highest BCUT2D eigenvalue weighted by molar-refractivity contribution is 6.21. The van der Waals surface area contributed by atoms with Crippen molar-refractivity contribution in [1.82, 2.24) is 9.78 Å². The Bertz CT molecular complexity index is 393. The zero-order chi connectivity index (χ0) is 11.5. The van der Waals surface area contributed by atoms with Gasteiger partial charge < -0.3 is 0 Å². The van der Waals surface area contributed by atoms with Crippen molar-refractivity contribution in [3.8, 4) is 0 Å². The molecule has 1 atom stereocenters. The summed E-state index contributed by atoms with van der Waals surface area (Å²) in [4.78, 5) is 0. The van der Waals surface area contributed by atoms with E-state index in [0.717, 1.165) is 25.1 Å². The molecule has 0 radical (unpaired) electrons. The number of allylic oxidation sites excluding steroid dienone is 2. The first-order valence-electron chi connectivity index (χ1n) is 6.06. The van der Waals surface area contributed by atoms with Crippen molar-refractivity contribution in [3.05, 3.63) is 29.1 Å². The first-order valence-corrected chi connectivity index (χ1v) is 6.49. The van der Waals surface area contributed by atoms with Crippen LogP contribution in [0.4, 0.5) is 0 Å². The zero-order valence-electron chi connectivity index (χ0n) is 10.0. The van der Waals surface area contributed by atoms with Crippen molar-refractivity contribution in [2.75, 3.05) is 0 Å².